The molecule has 0 amide bonds. The van der Waals surface area contributed by atoms with E-state index in [1.807, 2.05) is 6.07 Å². The summed E-state index contributed by atoms with van der Waals surface area (Å²) in [6.45, 7) is 1.52. The molecule has 2 heterocycles. The van der Waals surface area contributed by atoms with Crippen molar-refractivity contribution in [1.82, 2.24) is 14.5 Å². The van der Waals surface area contributed by atoms with Gasteiger partial charge < -0.3 is 4.57 Å². The molecule has 0 spiro atoms. The van der Waals surface area contributed by atoms with Gasteiger partial charge >= 0.3 is 0 Å². The number of nitrogens with zero attached hydrogens (tertiary/aromatic N) is 3. The first-order valence-electron chi connectivity index (χ1n) is 9.62. The molecule has 1 saturated heterocycles. The molecule has 140 valence electrons. The molecule has 1 aromatic carbocycles. The van der Waals surface area contributed by atoms with Crippen LogP contribution in [0.15, 0.2) is 35.2 Å². The maximum atomic E-state index is 12.6. The van der Waals surface area contributed by atoms with E-state index in [9.17, 15) is 8.42 Å². The number of aromatic nitrogens is 2. The van der Waals surface area contributed by atoms with Crippen LogP contribution in [-0.2, 0) is 29.7 Å². The molecular weight excluding hydrogens is 346 g/mol. The first-order chi connectivity index (χ1) is 12.6. The van der Waals surface area contributed by atoms with E-state index in [4.69, 9.17) is 4.98 Å². The van der Waals surface area contributed by atoms with E-state index in [-0.39, 0.29) is 11.8 Å². The largest absolute Gasteiger partial charge is 0.334 e. The van der Waals surface area contributed by atoms with Gasteiger partial charge in [-0.15, -0.1) is 0 Å². The summed E-state index contributed by atoms with van der Waals surface area (Å²) in [5, 5.41) is 0. The van der Waals surface area contributed by atoms with Crippen molar-refractivity contribution in [2.45, 2.75) is 49.5 Å². The van der Waals surface area contributed by atoms with Crippen molar-refractivity contribution in [3.8, 4) is 0 Å². The Morgan fingerprint density at radius 3 is 2.65 bits per heavy atom. The zero-order valence-electron chi connectivity index (χ0n) is 15.4. The quantitative estimate of drug-likeness (QED) is 0.809. The molecule has 5 nitrogen and oxygen atoms in total. The molecule has 1 aliphatic heterocycles. The van der Waals surface area contributed by atoms with E-state index < -0.39 is 9.84 Å². The minimum Gasteiger partial charge on any atom is -0.334 e. The standard InChI is InChI=1S/C20H27N3O2S/c1-22-18-11-6-5-10-17(18)21-20(22)19-12-7-13-23(19)14-15-26(24,25)16-8-3-2-4-9-16/h2-4,8-9,19H,5-7,10-15H2,1H3/t19-/m0/s1. The monoisotopic (exact) mass is 373 g/mol. The Labute approximate surface area is 156 Å². The molecule has 0 saturated carbocycles. The summed E-state index contributed by atoms with van der Waals surface area (Å²) >= 11 is 0. The summed E-state index contributed by atoms with van der Waals surface area (Å²) in [5.41, 5.74) is 2.65. The van der Waals surface area contributed by atoms with Crippen LogP contribution in [0.3, 0.4) is 0 Å². The number of benzene rings is 1. The number of likely N-dealkylation sites (tertiary alicyclic amines) is 1. The summed E-state index contributed by atoms with van der Waals surface area (Å²) in [5.74, 6) is 1.30. The van der Waals surface area contributed by atoms with Crippen LogP contribution in [0.5, 0.6) is 0 Å². The highest BCUT2D eigenvalue weighted by molar-refractivity contribution is 7.91. The van der Waals surface area contributed by atoms with Crippen LogP contribution in [0.2, 0.25) is 0 Å². The molecule has 0 radical (unpaired) electrons. The Hall–Kier alpha value is -1.66. The minimum atomic E-state index is -3.23. The fraction of sp³-hybridized carbons (Fsp3) is 0.550. The maximum Gasteiger partial charge on any atom is 0.179 e. The molecule has 0 N–H and O–H groups in total. The molecule has 26 heavy (non-hydrogen) atoms. The third-order valence-electron chi connectivity index (χ3n) is 5.82. The van der Waals surface area contributed by atoms with Crippen LogP contribution in [0.25, 0.3) is 0 Å². The molecule has 2 aromatic rings. The second kappa shape index (κ2) is 7.16. The first kappa shape index (κ1) is 17.7. The predicted octanol–water partition coefficient (Wildman–Crippen LogP) is 2.91. The number of sulfone groups is 1. The average Bonchev–Trinajstić information content (AvgIpc) is 3.25. The zero-order chi connectivity index (χ0) is 18.1. The highest BCUT2D eigenvalue weighted by Gasteiger charge is 2.32. The molecule has 1 atom stereocenters. The fourth-order valence-electron chi connectivity index (χ4n) is 4.37. The van der Waals surface area contributed by atoms with Crippen LogP contribution in [0.1, 0.15) is 48.9 Å². The predicted molar refractivity (Wildman–Crippen MR) is 102 cm³/mol. The van der Waals surface area contributed by atoms with Gasteiger partial charge in [0, 0.05) is 19.3 Å². The lowest BCUT2D eigenvalue weighted by atomic mass is 10.0. The lowest BCUT2D eigenvalue weighted by Gasteiger charge is -2.24. The molecule has 4 rings (SSSR count). The molecule has 1 aromatic heterocycles. The minimum absolute atomic E-state index is 0.164. The van der Waals surface area contributed by atoms with Crippen LogP contribution >= 0.6 is 0 Å². The molecule has 1 aliphatic carbocycles. The van der Waals surface area contributed by atoms with E-state index in [0.717, 1.165) is 38.1 Å². The van der Waals surface area contributed by atoms with E-state index in [2.05, 4.69) is 16.5 Å². The van der Waals surface area contributed by atoms with Crippen molar-refractivity contribution >= 4 is 9.84 Å². The summed E-state index contributed by atoms with van der Waals surface area (Å²) in [4.78, 5) is 7.69. The van der Waals surface area contributed by atoms with Crippen molar-refractivity contribution in [1.29, 1.82) is 0 Å². The summed E-state index contributed by atoms with van der Waals surface area (Å²) < 4.78 is 27.5. The molecule has 1 fully saturated rings. The van der Waals surface area contributed by atoms with Gasteiger partial charge in [0.25, 0.3) is 0 Å². The van der Waals surface area contributed by atoms with Gasteiger partial charge in [-0.3, -0.25) is 4.90 Å². The molecule has 0 unspecified atom stereocenters. The number of aryl methyl sites for hydroxylation is 1. The van der Waals surface area contributed by atoms with Gasteiger partial charge in [-0.1, -0.05) is 18.2 Å². The fourth-order valence-corrected chi connectivity index (χ4v) is 5.66. The lowest BCUT2D eigenvalue weighted by Crippen LogP contribution is -2.30. The normalized spacial score (nSPS) is 21.0. The average molecular weight is 374 g/mol. The van der Waals surface area contributed by atoms with Crippen molar-refractivity contribution in [2.75, 3.05) is 18.8 Å². The summed E-state index contributed by atoms with van der Waals surface area (Å²) in [6.07, 6.45) is 6.84. The lowest BCUT2D eigenvalue weighted by molar-refractivity contribution is 0.259. The Morgan fingerprint density at radius 2 is 1.88 bits per heavy atom. The van der Waals surface area contributed by atoms with E-state index in [1.54, 1.807) is 24.3 Å². The summed E-state index contributed by atoms with van der Waals surface area (Å²) in [6, 6.07) is 9.02. The maximum absolute atomic E-state index is 12.6. The van der Waals surface area contributed by atoms with E-state index >= 15 is 0 Å². The highest BCUT2D eigenvalue weighted by atomic mass is 32.2. The molecule has 2 aliphatic rings. The van der Waals surface area contributed by atoms with Gasteiger partial charge in [0.15, 0.2) is 9.84 Å². The second-order valence-electron chi connectivity index (χ2n) is 7.46. The number of fused-ring (bicyclic) bond motifs is 1. The number of imidazole rings is 1. The van der Waals surface area contributed by atoms with Crippen LogP contribution in [-0.4, -0.2) is 41.7 Å². The zero-order valence-corrected chi connectivity index (χ0v) is 16.2. The SMILES string of the molecule is Cn1c([C@@H]2CCCN2CCS(=O)(=O)c2ccccc2)nc2c1CCCC2. The van der Waals surface area contributed by atoms with E-state index in [0.29, 0.717) is 11.4 Å². The van der Waals surface area contributed by atoms with Crippen LogP contribution in [0, 0.1) is 0 Å². The number of rotatable bonds is 5. The molecule has 6 heteroatoms. The summed E-state index contributed by atoms with van der Waals surface area (Å²) in [7, 11) is -1.11. The van der Waals surface area contributed by atoms with Gasteiger partial charge in [0.1, 0.15) is 5.82 Å². The smallest absolute Gasteiger partial charge is 0.179 e. The van der Waals surface area contributed by atoms with Crippen molar-refractivity contribution in [3.05, 3.63) is 47.5 Å². The Balaban J connectivity index is 1.50. The first-order valence-corrected chi connectivity index (χ1v) is 11.3. The molecular formula is C20H27N3O2S. The number of hydrogen-bond acceptors (Lipinski definition) is 4. The van der Waals surface area contributed by atoms with Gasteiger partial charge in [-0.25, -0.2) is 13.4 Å². The Bertz CT molecular complexity index is 874. The Morgan fingerprint density at radius 1 is 1.12 bits per heavy atom. The van der Waals surface area contributed by atoms with Gasteiger partial charge in [0.2, 0.25) is 0 Å². The van der Waals surface area contributed by atoms with Crippen LogP contribution in [0.4, 0.5) is 0 Å². The Kier molecular flexibility index (Phi) is 4.88. The van der Waals surface area contributed by atoms with Gasteiger partial charge in [-0.2, -0.15) is 0 Å². The van der Waals surface area contributed by atoms with Gasteiger partial charge in [-0.05, 0) is 57.2 Å². The third-order valence-corrected chi connectivity index (χ3v) is 7.53. The third kappa shape index (κ3) is 3.32. The number of hydrogen-bond donors (Lipinski definition) is 0. The van der Waals surface area contributed by atoms with Crippen molar-refractivity contribution in [2.24, 2.45) is 7.05 Å². The topological polar surface area (TPSA) is 55.2 Å². The van der Waals surface area contributed by atoms with Crippen LogP contribution < -0.4 is 0 Å². The highest BCUT2D eigenvalue weighted by Crippen LogP contribution is 2.33. The van der Waals surface area contributed by atoms with Gasteiger partial charge in [0.05, 0.1) is 22.4 Å². The van der Waals surface area contributed by atoms with Crippen molar-refractivity contribution < 1.29 is 8.42 Å². The van der Waals surface area contributed by atoms with Crippen molar-refractivity contribution in [3.63, 3.8) is 0 Å². The second-order valence-corrected chi connectivity index (χ2v) is 9.56. The van der Waals surface area contributed by atoms with E-state index in [1.165, 1.54) is 24.2 Å². The molecule has 0 bridgehead atoms.